The highest BCUT2D eigenvalue weighted by atomic mass is 35.5. The quantitative estimate of drug-likeness (QED) is 0.450. The molecule has 1 aliphatic heterocycles. The van der Waals surface area contributed by atoms with Crippen LogP contribution in [-0.2, 0) is 15.1 Å². The largest absolute Gasteiger partial charge is 0.395 e. The summed E-state index contributed by atoms with van der Waals surface area (Å²) in [5, 5.41) is 21.1. The topological polar surface area (TPSA) is 85.6 Å². The van der Waals surface area contributed by atoms with Crippen LogP contribution in [-0.4, -0.2) is 48.8 Å². The van der Waals surface area contributed by atoms with Crippen LogP contribution in [0.4, 0.5) is 10.1 Å². The first-order valence-corrected chi connectivity index (χ1v) is 12.1. The van der Waals surface area contributed by atoms with Crippen LogP contribution in [0.1, 0.15) is 24.0 Å². The van der Waals surface area contributed by atoms with E-state index in [0.29, 0.717) is 30.6 Å². The van der Waals surface area contributed by atoms with Gasteiger partial charge < -0.3 is 20.1 Å². The number of nitrogens with zero attached hydrogens (tertiary/aromatic N) is 2. The smallest absolute Gasteiger partial charge is 0.250 e. The molecule has 0 bridgehead atoms. The number of benzene rings is 3. The Labute approximate surface area is 214 Å². The first-order chi connectivity index (χ1) is 17.4. The molecule has 36 heavy (non-hydrogen) atoms. The number of nitriles is 1. The molecular weight excluding hydrogens is 481 g/mol. The number of rotatable bonds is 8. The second-order valence-corrected chi connectivity index (χ2v) is 9.20. The molecule has 0 atom stereocenters. The number of halogens is 2. The molecule has 0 aromatic heterocycles. The minimum Gasteiger partial charge on any atom is -0.395 e. The standard InChI is InChI=1S/C28H27ClFN3O3/c29-25-17-24(8-9-26(25)30)32-27(35)19-36-28(10-12-33(13-11-28)14-15-34)23-6-4-21(5-7-23)22-3-1-2-20(16-22)18-31/h1-9,16-17,34H,10-15,19H2,(H,32,35). The molecule has 0 aliphatic carbocycles. The fourth-order valence-corrected chi connectivity index (χ4v) is 4.69. The number of aliphatic hydroxyl groups is 1. The number of aliphatic hydroxyl groups excluding tert-OH is 1. The molecule has 0 spiro atoms. The van der Waals surface area contributed by atoms with Crippen molar-refractivity contribution in [2.24, 2.45) is 0 Å². The van der Waals surface area contributed by atoms with Gasteiger partial charge >= 0.3 is 0 Å². The molecule has 1 saturated heterocycles. The normalized spacial score (nSPS) is 15.3. The minimum atomic E-state index is -0.670. The number of hydrogen-bond acceptors (Lipinski definition) is 5. The Morgan fingerprint density at radius 2 is 1.86 bits per heavy atom. The molecule has 3 aromatic carbocycles. The second kappa shape index (κ2) is 11.6. The van der Waals surface area contributed by atoms with E-state index in [1.807, 2.05) is 42.5 Å². The Morgan fingerprint density at radius 3 is 2.53 bits per heavy atom. The highest BCUT2D eigenvalue weighted by molar-refractivity contribution is 6.31. The predicted molar refractivity (Wildman–Crippen MR) is 137 cm³/mol. The number of nitrogens with one attached hydrogen (secondary N) is 1. The second-order valence-electron chi connectivity index (χ2n) is 8.80. The maximum atomic E-state index is 13.4. The highest BCUT2D eigenvalue weighted by Crippen LogP contribution is 2.38. The van der Waals surface area contributed by atoms with Gasteiger partial charge in [-0.1, -0.05) is 48.0 Å². The first kappa shape index (κ1) is 25.8. The van der Waals surface area contributed by atoms with Gasteiger partial charge in [-0.05, 0) is 59.9 Å². The number of anilines is 1. The molecule has 1 heterocycles. The SMILES string of the molecule is N#Cc1cccc(-c2ccc(C3(OCC(=O)Nc4ccc(F)c(Cl)c4)CCN(CCO)CC3)cc2)c1. The Balaban J connectivity index is 1.51. The van der Waals surface area contributed by atoms with E-state index in [0.717, 1.165) is 29.8 Å². The maximum absolute atomic E-state index is 13.4. The molecule has 2 N–H and O–H groups in total. The molecular formula is C28H27ClFN3O3. The highest BCUT2D eigenvalue weighted by Gasteiger charge is 2.37. The Bertz CT molecular complexity index is 1250. The Hall–Kier alpha value is -3.28. The van der Waals surface area contributed by atoms with Crippen LogP contribution in [0, 0.1) is 17.1 Å². The maximum Gasteiger partial charge on any atom is 0.250 e. The minimum absolute atomic E-state index is 0.0677. The number of piperidine rings is 1. The van der Waals surface area contributed by atoms with E-state index in [-0.39, 0.29) is 24.1 Å². The van der Waals surface area contributed by atoms with Crippen molar-refractivity contribution >= 4 is 23.2 Å². The van der Waals surface area contributed by atoms with Gasteiger partial charge in [0.05, 0.1) is 28.9 Å². The summed E-state index contributed by atoms with van der Waals surface area (Å²) in [5.41, 5.74) is 3.22. The van der Waals surface area contributed by atoms with E-state index >= 15 is 0 Å². The van der Waals surface area contributed by atoms with E-state index in [2.05, 4.69) is 16.3 Å². The summed E-state index contributed by atoms with van der Waals surface area (Å²) in [6.45, 7) is 1.95. The number of ether oxygens (including phenoxy) is 1. The van der Waals surface area contributed by atoms with Crippen molar-refractivity contribution < 1.29 is 19.0 Å². The Kier molecular flexibility index (Phi) is 8.34. The van der Waals surface area contributed by atoms with Gasteiger partial charge in [0, 0.05) is 25.3 Å². The molecule has 1 amide bonds. The molecule has 4 rings (SSSR count). The number of hydrogen-bond donors (Lipinski definition) is 2. The molecule has 1 fully saturated rings. The van der Waals surface area contributed by atoms with Crippen molar-refractivity contribution in [3.05, 3.63) is 88.7 Å². The molecule has 0 unspecified atom stereocenters. The lowest BCUT2D eigenvalue weighted by Gasteiger charge is -2.42. The van der Waals surface area contributed by atoms with Crippen molar-refractivity contribution in [1.29, 1.82) is 5.26 Å². The third-order valence-corrected chi connectivity index (χ3v) is 6.79. The molecule has 8 heteroatoms. The molecule has 3 aromatic rings. The summed E-state index contributed by atoms with van der Waals surface area (Å²) in [7, 11) is 0. The fourth-order valence-electron chi connectivity index (χ4n) is 4.50. The average molecular weight is 508 g/mol. The van der Waals surface area contributed by atoms with Crippen LogP contribution >= 0.6 is 11.6 Å². The van der Waals surface area contributed by atoms with Gasteiger partial charge in [0.15, 0.2) is 0 Å². The van der Waals surface area contributed by atoms with Gasteiger partial charge in [0.1, 0.15) is 12.4 Å². The summed E-state index contributed by atoms with van der Waals surface area (Å²) in [4.78, 5) is 14.8. The monoisotopic (exact) mass is 507 g/mol. The van der Waals surface area contributed by atoms with Gasteiger partial charge in [0.2, 0.25) is 5.91 Å². The van der Waals surface area contributed by atoms with Crippen LogP contribution in [0.3, 0.4) is 0 Å². The van der Waals surface area contributed by atoms with Gasteiger partial charge in [-0.3, -0.25) is 4.79 Å². The lowest BCUT2D eigenvalue weighted by atomic mass is 9.83. The van der Waals surface area contributed by atoms with Gasteiger partial charge in [-0.2, -0.15) is 5.26 Å². The summed E-state index contributed by atoms with van der Waals surface area (Å²) in [5.74, 6) is -0.915. The lowest BCUT2D eigenvalue weighted by molar-refractivity contribution is -0.135. The van der Waals surface area contributed by atoms with Gasteiger partial charge in [0.25, 0.3) is 0 Å². The van der Waals surface area contributed by atoms with E-state index in [4.69, 9.17) is 16.3 Å². The molecule has 1 aliphatic rings. The first-order valence-electron chi connectivity index (χ1n) is 11.8. The predicted octanol–water partition coefficient (Wildman–Crippen LogP) is 4.96. The zero-order valence-electron chi connectivity index (χ0n) is 19.7. The third kappa shape index (κ3) is 6.10. The van der Waals surface area contributed by atoms with Gasteiger partial charge in [-0.25, -0.2) is 4.39 Å². The van der Waals surface area contributed by atoms with Crippen LogP contribution in [0.25, 0.3) is 11.1 Å². The summed E-state index contributed by atoms with van der Waals surface area (Å²) in [6, 6.07) is 21.6. The number of β-amino-alcohol motifs (C(OH)–C–C–N with tert-alkyl or cyclic N) is 1. The summed E-state index contributed by atoms with van der Waals surface area (Å²) >= 11 is 5.82. The van der Waals surface area contributed by atoms with Crippen LogP contribution in [0.15, 0.2) is 66.7 Å². The molecule has 0 saturated carbocycles. The van der Waals surface area contributed by atoms with Crippen molar-refractivity contribution in [1.82, 2.24) is 4.90 Å². The van der Waals surface area contributed by atoms with E-state index in [9.17, 15) is 19.6 Å². The van der Waals surface area contributed by atoms with Crippen molar-refractivity contribution in [3.63, 3.8) is 0 Å². The zero-order valence-corrected chi connectivity index (χ0v) is 20.5. The summed E-state index contributed by atoms with van der Waals surface area (Å²) in [6.07, 6.45) is 1.32. The van der Waals surface area contributed by atoms with Crippen LogP contribution in [0.2, 0.25) is 5.02 Å². The Morgan fingerprint density at radius 1 is 1.11 bits per heavy atom. The molecule has 6 nitrogen and oxygen atoms in total. The number of likely N-dealkylation sites (tertiary alicyclic amines) is 1. The number of carbonyl (C=O) groups excluding carboxylic acids is 1. The third-order valence-electron chi connectivity index (χ3n) is 6.50. The van der Waals surface area contributed by atoms with E-state index in [1.54, 1.807) is 6.07 Å². The van der Waals surface area contributed by atoms with E-state index in [1.165, 1.54) is 18.2 Å². The molecule has 0 radical (unpaired) electrons. The van der Waals surface area contributed by atoms with Crippen molar-refractivity contribution in [2.75, 3.05) is 38.2 Å². The van der Waals surface area contributed by atoms with Gasteiger partial charge in [-0.15, -0.1) is 0 Å². The zero-order chi connectivity index (χ0) is 25.5. The number of carbonyl (C=O) groups is 1. The van der Waals surface area contributed by atoms with E-state index < -0.39 is 11.4 Å². The van der Waals surface area contributed by atoms with Crippen LogP contribution < -0.4 is 5.32 Å². The van der Waals surface area contributed by atoms with Crippen molar-refractivity contribution in [3.8, 4) is 17.2 Å². The summed E-state index contributed by atoms with van der Waals surface area (Å²) < 4.78 is 19.7. The van der Waals surface area contributed by atoms with Crippen LogP contribution in [0.5, 0.6) is 0 Å². The number of amides is 1. The lowest BCUT2D eigenvalue weighted by Crippen LogP contribution is -2.46. The average Bonchev–Trinajstić information content (AvgIpc) is 2.91. The fraction of sp³-hybridized carbons (Fsp3) is 0.286. The van der Waals surface area contributed by atoms with Crippen molar-refractivity contribution in [2.45, 2.75) is 18.4 Å². The molecule has 186 valence electrons.